The van der Waals surface area contributed by atoms with Crippen molar-refractivity contribution in [1.82, 2.24) is 10.6 Å². The summed E-state index contributed by atoms with van der Waals surface area (Å²) >= 11 is 0.976. The van der Waals surface area contributed by atoms with E-state index in [-0.39, 0.29) is 29.9 Å². The summed E-state index contributed by atoms with van der Waals surface area (Å²) in [5.74, 6) is -5.07. The van der Waals surface area contributed by atoms with Gasteiger partial charge in [-0.25, -0.2) is 0 Å². The van der Waals surface area contributed by atoms with Gasteiger partial charge < -0.3 is 41.9 Å². The first kappa shape index (κ1) is 26.5. The molecule has 2 amide bonds. The van der Waals surface area contributed by atoms with Gasteiger partial charge in [0.1, 0.15) is 36.9 Å². The highest BCUT2D eigenvalue weighted by Crippen LogP contribution is 2.20. The van der Waals surface area contributed by atoms with Crippen molar-refractivity contribution in [2.45, 2.75) is 43.2 Å². The zero-order valence-corrected chi connectivity index (χ0v) is 17.1. The second kappa shape index (κ2) is 12.4. The minimum atomic E-state index is -1.79. The standard InChI is InChI=1S/C17H25N3O10S/c18-8(17(29)30)1-2-11(22)20-9(16(28)19-4-12(23)24)6-31-5-7-3-10(21)14(26)15(27)13(7)25/h3,8-10,14-15,21,26-27H,1-2,4-6,18H2,(H,19,28)(H,20,22)(H,23,24)(H,29,30)/t8-,9+,10+,14+,15-/m0/s1. The molecule has 0 fully saturated rings. The summed E-state index contributed by atoms with van der Waals surface area (Å²) in [6.45, 7) is -0.695. The van der Waals surface area contributed by atoms with Crippen LogP contribution in [0, 0.1) is 0 Å². The molecule has 0 bridgehead atoms. The molecule has 1 aliphatic rings. The minimum Gasteiger partial charge on any atom is -0.480 e. The van der Waals surface area contributed by atoms with Crippen molar-refractivity contribution in [1.29, 1.82) is 0 Å². The number of nitrogens with one attached hydrogen (secondary N) is 2. The SMILES string of the molecule is N[C@@H](CCC(=O)N[C@H](CSCC1=C[C@@H](O)[C@@H](O)[C@@H](O)C1=O)C(=O)NCC(=O)O)C(=O)O. The Labute approximate surface area is 180 Å². The summed E-state index contributed by atoms with van der Waals surface area (Å²) in [6, 6.07) is -2.48. The van der Waals surface area contributed by atoms with E-state index >= 15 is 0 Å². The van der Waals surface area contributed by atoms with Gasteiger partial charge in [0.25, 0.3) is 0 Å². The van der Waals surface area contributed by atoms with E-state index in [1.165, 1.54) is 0 Å². The largest absolute Gasteiger partial charge is 0.480 e. The average Bonchev–Trinajstić information content (AvgIpc) is 2.71. The molecule has 0 heterocycles. The van der Waals surface area contributed by atoms with Gasteiger partial charge in [0.15, 0.2) is 5.78 Å². The number of carbonyl (C=O) groups excluding carboxylic acids is 3. The van der Waals surface area contributed by atoms with Gasteiger partial charge >= 0.3 is 11.9 Å². The Hall–Kier alpha value is -2.52. The number of hydrogen-bond donors (Lipinski definition) is 8. The zero-order valence-electron chi connectivity index (χ0n) is 16.3. The van der Waals surface area contributed by atoms with Crippen LogP contribution in [0.1, 0.15) is 12.8 Å². The summed E-state index contributed by atoms with van der Waals surface area (Å²) in [5, 5.41) is 50.6. The highest BCUT2D eigenvalue weighted by Gasteiger charge is 2.36. The lowest BCUT2D eigenvalue weighted by atomic mass is 9.92. The van der Waals surface area contributed by atoms with Crippen LogP contribution in [0.3, 0.4) is 0 Å². The predicted octanol–water partition coefficient (Wildman–Crippen LogP) is -3.81. The van der Waals surface area contributed by atoms with Crippen LogP contribution >= 0.6 is 11.8 Å². The molecule has 13 nitrogen and oxygen atoms in total. The maximum absolute atomic E-state index is 12.2. The quantitative estimate of drug-likeness (QED) is 0.139. The van der Waals surface area contributed by atoms with Crippen LogP contribution in [0.4, 0.5) is 0 Å². The van der Waals surface area contributed by atoms with Gasteiger partial charge in [-0.2, -0.15) is 11.8 Å². The molecule has 0 saturated carbocycles. The zero-order chi connectivity index (χ0) is 23.7. The van der Waals surface area contributed by atoms with Gasteiger partial charge in [0.05, 0.1) is 0 Å². The molecule has 0 aromatic carbocycles. The molecule has 0 aliphatic heterocycles. The van der Waals surface area contributed by atoms with E-state index in [4.69, 9.17) is 15.9 Å². The van der Waals surface area contributed by atoms with Crippen molar-refractivity contribution in [3.05, 3.63) is 11.6 Å². The first-order valence-electron chi connectivity index (χ1n) is 9.08. The van der Waals surface area contributed by atoms with Gasteiger partial charge in [-0.15, -0.1) is 0 Å². The monoisotopic (exact) mass is 463 g/mol. The van der Waals surface area contributed by atoms with Crippen molar-refractivity contribution in [3.8, 4) is 0 Å². The number of thioether (sulfide) groups is 1. The predicted molar refractivity (Wildman–Crippen MR) is 106 cm³/mol. The smallest absolute Gasteiger partial charge is 0.322 e. The Balaban J connectivity index is 2.71. The number of carbonyl (C=O) groups is 5. The Morgan fingerprint density at radius 1 is 1.16 bits per heavy atom. The number of hydrogen-bond acceptors (Lipinski definition) is 10. The molecule has 1 aliphatic carbocycles. The maximum atomic E-state index is 12.2. The van der Waals surface area contributed by atoms with E-state index in [0.717, 1.165) is 17.8 Å². The van der Waals surface area contributed by atoms with Gasteiger partial charge in [-0.3, -0.25) is 24.0 Å². The molecule has 0 unspecified atom stereocenters. The second-order valence-electron chi connectivity index (χ2n) is 6.71. The highest BCUT2D eigenvalue weighted by molar-refractivity contribution is 7.99. The van der Waals surface area contributed by atoms with Gasteiger partial charge in [0, 0.05) is 23.5 Å². The number of ketones is 1. The summed E-state index contributed by atoms with van der Waals surface area (Å²) in [7, 11) is 0. The van der Waals surface area contributed by atoms with Crippen molar-refractivity contribution in [2.24, 2.45) is 5.73 Å². The van der Waals surface area contributed by atoms with Crippen LogP contribution < -0.4 is 16.4 Å². The molecule has 0 aromatic heterocycles. The lowest BCUT2D eigenvalue weighted by molar-refractivity contribution is -0.139. The number of rotatable bonds is 12. The summed E-state index contributed by atoms with van der Waals surface area (Å²) < 4.78 is 0. The normalized spacial score (nSPS) is 22.8. The third-order valence-corrected chi connectivity index (χ3v) is 5.32. The van der Waals surface area contributed by atoms with E-state index < -0.39 is 66.5 Å². The molecule has 5 atom stereocenters. The molecule has 0 radical (unpaired) electrons. The number of carboxylic acids is 2. The van der Waals surface area contributed by atoms with Crippen molar-refractivity contribution >= 4 is 41.3 Å². The van der Waals surface area contributed by atoms with E-state index in [0.29, 0.717) is 0 Å². The minimum absolute atomic E-state index is 0.0127. The lowest BCUT2D eigenvalue weighted by Crippen LogP contribution is -2.49. The number of Topliss-reactive ketones (excluding diaryl/α,β-unsaturated/α-hetero) is 1. The number of nitrogens with two attached hydrogens (primary N) is 1. The Kier molecular flexibility index (Phi) is 10.6. The molecule has 14 heteroatoms. The van der Waals surface area contributed by atoms with Gasteiger partial charge in [0.2, 0.25) is 11.8 Å². The molecule has 0 saturated heterocycles. The van der Waals surface area contributed by atoms with Crippen molar-refractivity contribution < 1.29 is 49.5 Å². The molecular formula is C17H25N3O10S. The van der Waals surface area contributed by atoms with Gasteiger partial charge in [-0.1, -0.05) is 0 Å². The first-order chi connectivity index (χ1) is 14.4. The van der Waals surface area contributed by atoms with Crippen LogP contribution in [-0.2, 0) is 24.0 Å². The number of aliphatic carboxylic acids is 2. The average molecular weight is 463 g/mol. The molecule has 0 aromatic rings. The van der Waals surface area contributed by atoms with E-state index in [1.807, 2.05) is 0 Å². The molecule has 1 rings (SSSR count). The van der Waals surface area contributed by atoms with Crippen LogP contribution in [0.15, 0.2) is 11.6 Å². The number of aliphatic hydroxyl groups excluding tert-OH is 3. The molecule has 31 heavy (non-hydrogen) atoms. The summed E-state index contributed by atoms with van der Waals surface area (Å²) in [5.41, 5.74) is 5.33. The topological polar surface area (TPSA) is 237 Å². The van der Waals surface area contributed by atoms with Crippen molar-refractivity contribution in [3.63, 3.8) is 0 Å². The van der Waals surface area contributed by atoms with E-state index in [2.05, 4.69) is 10.6 Å². The first-order valence-corrected chi connectivity index (χ1v) is 10.2. The van der Waals surface area contributed by atoms with E-state index in [1.54, 1.807) is 0 Å². The van der Waals surface area contributed by atoms with Crippen LogP contribution in [0.2, 0.25) is 0 Å². The molecule has 174 valence electrons. The number of carboxylic acid groups (broad SMARTS) is 2. The number of aliphatic hydroxyl groups is 3. The lowest BCUT2D eigenvalue weighted by Gasteiger charge is -2.26. The Morgan fingerprint density at radius 3 is 2.39 bits per heavy atom. The second-order valence-corrected chi connectivity index (χ2v) is 7.74. The van der Waals surface area contributed by atoms with Crippen molar-refractivity contribution in [2.75, 3.05) is 18.1 Å². The highest BCUT2D eigenvalue weighted by atomic mass is 32.2. The fraction of sp³-hybridized carbons (Fsp3) is 0.588. The summed E-state index contributed by atoms with van der Waals surface area (Å²) in [4.78, 5) is 57.6. The third-order valence-electron chi connectivity index (χ3n) is 4.24. The molecular weight excluding hydrogens is 438 g/mol. The van der Waals surface area contributed by atoms with Crippen LogP contribution in [0.25, 0.3) is 0 Å². The van der Waals surface area contributed by atoms with Gasteiger partial charge in [-0.05, 0) is 12.5 Å². The number of amides is 2. The Bertz CT molecular complexity index is 744. The van der Waals surface area contributed by atoms with E-state index in [9.17, 15) is 39.3 Å². The third kappa shape index (κ3) is 8.63. The molecule has 0 spiro atoms. The summed E-state index contributed by atoms with van der Waals surface area (Å²) in [6.07, 6.45) is -4.28. The molecule has 9 N–H and O–H groups in total. The maximum Gasteiger partial charge on any atom is 0.322 e. The fourth-order valence-electron chi connectivity index (χ4n) is 2.47. The Morgan fingerprint density at radius 2 is 1.81 bits per heavy atom. The van der Waals surface area contributed by atoms with Crippen LogP contribution in [-0.4, -0.2) is 104 Å². The fourth-order valence-corrected chi connectivity index (χ4v) is 3.52. The van der Waals surface area contributed by atoms with Crippen LogP contribution in [0.5, 0.6) is 0 Å².